The molecule has 1 amide bonds. The molecular formula is C16H13ClF3NOS. The Morgan fingerprint density at radius 3 is 2.48 bits per heavy atom. The maximum Gasteiger partial charge on any atom is 0.417 e. The number of alkyl halides is 3. The first-order valence-corrected chi connectivity index (χ1v) is 8.18. The Hall–Kier alpha value is -1.66. The molecule has 0 spiro atoms. The Labute approximate surface area is 141 Å². The SMILES string of the molecule is O=C(CSCc1ccccc1)Nc1ccc(Cl)c(C(F)(F)F)c1. The molecule has 2 rings (SSSR count). The molecule has 0 heterocycles. The van der Waals surface area contributed by atoms with Gasteiger partial charge in [0, 0.05) is 11.4 Å². The number of hydrogen-bond donors (Lipinski definition) is 1. The fourth-order valence-corrected chi connectivity index (χ4v) is 2.87. The van der Waals surface area contributed by atoms with Gasteiger partial charge in [0.05, 0.1) is 16.3 Å². The van der Waals surface area contributed by atoms with Gasteiger partial charge in [-0.25, -0.2) is 0 Å². The second kappa shape index (κ2) is 7.75. The Morgan fingerprint density at radius 1 is 1.13 bits per heavy atom. The van der Waals surface area contributed by atoms with Gasteiger partial charge in [0.15, 0.2) is 0 Å². The van der Waals surface area contributed by atoms with Gasteiger partial charge in [0.1, 0.15) is 0 Å². The van der Waals surface area contributed by atoms with Crippen LogP contribution in [0, 0.1) is 0 Å². The number of thioether (sulfide) groups is 1. The van der Waals surface area contributed by atoms with E-state index in [2.05, 4.69) is 5.32 Å². The van der Waals surface area contributed by atoms with Gasteiger partial charge in [-0.3, -0.25) is 4.79 Å². The second-order valence-electron chi connectivity index (χ2n) is 4.72. The van der Waals surface area contributed by atoms with Crippen molar-refractivity contribution in [3.05, 3.63) is 64.7 Å². The minimum Gasteiger partial charge on any atom is -0.325 e. The van der Waals surface area contributed by atoms with Gasteiger partial charge in [-0.2, -0.15) is 13.2 Å². The molecule has 2 nitrogen and oxygen atoms in total. The minimum atomic E-state index is -4.56. The van der Waals surface area contributed by atoms with Crippen LogP contribution in [0.2, 0.25) is 5.02 Å². The average molecular weight is 360 g/mol. The molecule has 0 fully saturated rings. The number of benzene rings is 2. The largest absolute Gasteiger partial charge is 0.417 e. The van der Waals surface area contributed by atoms with E-state index in [1.54, 1.807) is 0 Å². The number of nitrogens with one attached hydrogen (secondary N) is 1. The first kappa shape index (κ1) is 17.7. The Morgan fingerprint density at radius 2 is 1.83 bits per heavy atom. The third-order valence-electron chi connectivity index (χ3n) is 2.90. The smallest absolute Gasteiger partial charge is 0.325 e. The summed E-state index contributed by atoms with van der Waals surface area (Å²) in [7, 11) is 0. The zero-order valence-corrected chi connectivity index (χ0v) is 13.4. The molecule has 0 aliphatic heterocycles. The van der Waals surface area contributed by atoms with E-state index in [0.717, 1.165) is 17.7 Å². The Balaban J connectivity index is 1.90. The number of rotatable bonds is 5. The van der Waals surface area contributed by atoms with Crippen LogP contribution in [0.4, 0.5) is 18.9 Å². The predicted octanol–water partition coefficient (Wildman–Crippen LogP) is 5.23. The molecule has 2 aromatic rings. The number of carbonyl (C=O) groups is 1. The van der Waals surface area contributed by atoms with E-state index in [1.165, 1.54) is 17.8 Å². The summed E-state index contributed by atoms with van der Waals surface area (Å²) in [5.74, 6) is 0.447. The van der Waals surface area contributed by atoms with Gasteiger partial charge in [0.2, 0.25) is 5.91 Å². The maximum atomic E-state index is 12.8. The molecule has 0 radical (unpaired) electrons. The van der Waals surface area contributed by atoms with Crippen molar-refractivity contribution in [3.63, 3.8) is 0 Å². The van der Waals surface area contributed by atoms with Gasteiger partial charge in [-0.05, 0) is 23.8 Å². The third-order valence-corrected chi connectivity index (χ3v) is 4.23. The van der Waals surface area contributed by atoms with E-state index in [0.29, 0.717) is 5.75 Å². The monoisotopic (exact) mass is 359 g/mol. The molecule has 0 bridgehead atoms. The quantitative estimate of drug-likeness (QED) is 0.791. The summed E-state index contributed by atoms with van der Waals surface area (Å²) >= 11 is 6.92. The molecule has 0 saturated carbocycles. The fourth-order valence-electron chi connectivity index (χ4n) is 1.85. The van der Waals surface area contributed by atoms with Crippen LogP contribution in [0.5, 0.6) is 0 Å². The summed E-state index contributed by atoms with van der Waals surface area (Å²) in [6, 6.07) is 12.9. The van der Waals surface area contributed by atoms with Gasteiger partial charge in [0.25, 0.3) is 0 Å². The highest BCUT2D eigenvalue weighted by Gasteiger charge is 2.33. The van der Waals surface area contributed by atoms with Crippen LogP contribution < -0.4 is 5.32 Å². The van der Waals surface area contributed by atoms with Gasteiger partial charge in [-0.15, -0.1) is 11.8 Å². The summed E-state index contributed by atoms with van der Waals surface area (Å²) in [6.07, 6.45) is -4.56. The summed E-state index contributed by atoms with van der Waals surface area (Å²) in [5, 5.41) is 2.06. The number of amides is 1. The lowest BCUT2D eigenvalue weighted by Gasteiger charge is -2.11. The molecule has 0 aliphatic carbocycles. The normalized spacial score (nSPS) is 11.3. The van der Waals surface area contributed by atoms with E-state index in [-0.39, 0.29) is 17.3 Å². The highest BCUT2D eigenvalue weighted by atomic mass is 35.5. The van der Waals surface area contributed by atoms with Crippen LogP contribution in [0.1, 0.15) is 11.1 Å². The maximum absolute atomic E-state index is 12.8. The lowest BCUT2D eigenvalue weighted by Crippen LogP contribution is -2.15. The summed E-state index contributed by atoms with van der Waals surface area (Å²) in [6.45, 7) is 0. The first-order valence-electron chi connectivity index (χ1n) is 6.64. The molecule has 0 unspecified atom stereocenters. The van der Waals surface area contributed by atoms with Crippen LogP contribution in [-0.2, 0) is 16.7 Å². The molecule has 0 atom stereocenters. The van der Waals surface area contributed by atoms with Crippen LogP contribution in [0.3, 0.4) is 0 Å². The molecule has 2 aromatic carbocycles. The molecule has 0 aliphatic rings. The minimum absolute atomic E-state index is 0.0760. The standard InChI is InChI=1S/C16H13ClF3NOS/c17-14-7-6-12(8-13(14)16(18,19)20)21-15(22)10-23-9-11-4-2-1-3-5-11/h1-8H,9-10H2,(H,21,22). The lowest BCUT2D eigenvalue weighted by atomic mass is 10.2. The van der Waals surface area contributed by atoms with Crippen molar-refractivity contribution < 1.29 is 18.0 Å². The lowest BCUT2D eigenvalue weighted by molar-refractivity contribution is -0.137. The summed E-state index contributed by atoms with van der Waals surface area (Å²) in [5.41, 5.74) is 0.192. The van der Waals surface area contributed by atoms with E-state index in [9.17, 15) is 18.0 Å². The van der Waals surface area contributed by atoms with Crippen LogP contribution in [0.25, 0.3) is 0 Å². The first-order chi connectivity index (χ1) is 10.9. The van der Waals surface area contributed by atoms with Crippen molar-refractivity contribution >= 4 is 35.0 Å². The third kappa shape index (κ3) is 5.48. The highest BCUT2D eigenvalue weighted by molar-refractivity contribution is 7.99. The second-order valence-corrected chi connectivity index (χ2v) is 6.11. The molecule has 23 heavy (non-hydrogen) atoms. The number of hydrogen-bond acceptors (Lipinski definition) is 2. The van der Waals surface area contributed by atoms with Crippen LogP contribution in [0.15, 0.2) is 48.5 Å². The van der Waals surface area contributed by atoms with Gasteiger partial charge < -0.3 is 5.32 Å². The van der Waals surface area contributed by atoms with Crippen molar-refractivity contribution in [2.75, 3.05) is 11.1 Å². The van der Waals surface area contributed by atoms with Gasteiger partial charge in [-0.1, -0.05) is 41.9 Å². The van der Waals surface area contributed by atoms with Crippen molar-refractivity contribution in [3.8, 4) is 0 Å². The van der Waals surface area contributed by atoms with Crippen molar-refractivity contribution in [2.45, 2.75) is 11.9 Å². The molecule has 122 valence electrons. The number of halogens is 4. The molecule has 0 aromatic heterocycles. The van der Waals surface area contributed by atoms with E-state index in [1.807, 2.05) is 30.3 Å². The molecule has 7 heteroatoms. The Bertz CT molecular complexity index is 677. The fraction of sp³-hybridized carbons (Fsp3) is 0.188. The molecular weight excluding hydrogens is 347 g/mol. The van der Waals surface area contributed by atoms with E-state index in [4.69, 9.17) is 11.6 Å². The highest BCUT2D eigenvalue weighted by Crippen LogP contribution is 2.36. The van der Waals surface area contributed by atoms with Crippen LogP contribution >= 0.6 is 23.4 Å². The van der Waals surface area contributed by atoms with Gasteiger partial charge >= 0.3 is 6.18 Å². The van der Waals surface area contributed by atoms with Crippen molar-refractivity contribution in [1.29, 1.82) is 0 Å². The molecule has 0 saturated heterocycles. The topological polar surface area (TPSA) is 29.1 Å². The number of anilines is 1. The molecule has 1 N–H and O–H groups in total. The van der Waals surface area contributed by atoms with Crippen molar-refractivity contribution in [1.82, 2.24) is 0 Å². The van der Waals surface area contributed by atoms with E-state index >= 15 is 0 Å². The zero-order valence-electron chi connectivity index (χ0n) is 11.9. The summed E-state index contributed by atoms with van der Waals surface area (Å²) in [4.78, 5) is 11.8. The average Bonchev–Trinajstić information content (AvgIpc) is 2.49. The van der Waals surface area contributed by atoms with Crippen molar-refractivity contribution in [2.24, 2.45) is 0 Å². The zero-order chi connectivity index (χ0) is 16.9. The van der Waals surface area contributed by atoms with Crippen LogP contribution in [-0.4, -0.2) is 11.7 Å². The number of carbonyl (C=O) groups excluding carboxylic acids is 1. The predicted molar refractivity (Wildman–Crippen MR) is 87.7 cm³/mol. The Kier molecular flexibility index (Phi) is 5.96. The van der Waals surface area contributed by atoms with E-state index < -0.39 is 16.8 Å². The summed E-state index contributed by atoms with van der Waals surface area (Å²) < 4.78 is 38.3.